The lowest BCUT2D eigenvalue weighted by molar-refractivity contribution is 0.430. The van der Waals surface area contributed by atoms with Crippen LogP contribution < -0.4 is 16.9 Å². The second kappa shape index (κ2) is 7.30. The van der Waals surface area contributed by atoms with Crippen LogP contribution in [0.15, 0.2) is 54.2 Å². The largest absolute Gasteiger partial charge is 0.493 e. The Labute approximate surface area is 176 Å². The number of aromatic nitrogens is 4. The Morgan fingerprint density at radius 3 is 2.50 bits per heavy atom. The zero-order valence-electron chi connectivity index (χ0n) is 15.9. The molecule has 0 atom stereocenters. The van der Waals surface area contributed by atoms with Crippen molar-refractivity contribution in [1.29, 1.82) is 0 Å². The standard InChI is InChI=1S/C20H16BrN5O4/c1-9-4-3-5-16(10(9)2)26-18(28)11(17(27)25-20(26)30)8-22-13-7-15-14(6-12(13)21)23-19(29)24-15/h3-8,28H,1-2H3,(H2,23,24,29)(H,25,27,30). The van der Waals surface area contributed by atoms with Crippen LogP contribution in [0.1, 0.15) is 16.7 Å². The minimum absolute atomic E-state index is 0.176. The van der Waals surface area contributed by atoms with Crippen molar-refractivity contribution >= 4 is 38.9 Å². The van der Waals surface area contributed by atoms with Crippen molar-refractivity contribution in [2.24, 2.45) is 4.99 Å². The third kappa shape index (κ3) is 3.30. The van der Waals surface area contributed by atoms with Gasteiger partial charge in [0.1, 0.15) is 5.56 Å². The van der Waals surface area contributed by atoms with Gasteiger partial charge in [0.2, 0.25) is 5.88 Å². The van der Waals surface area contributed by atoms with Gasteiger partial charge in [0, 0.05) is 10.7 Å². The van der Waals surface area contributed by atoms with Gasteiger partial charge in [-0.2, -0.15) is 0 Å². The lowest BCUT2D eigenvalue weighted by atomic mass is 10.1. The van der Waals surface area contributed by atoms with Gasteiger partial charge in [-0.1, -0.05) is 12.1 Å². The number of hydrogen-bond donors (Lipinski definition) is 4. The molecule has 10 heteroatoms. The van der Waals surface area contributed by atoms with E-state index in [0.717, 1.165) is 15.7 Å². The van der Waals surface area contributed by atoms with Crippen LogP contribution in [0.3, 0.4) is 0 Å². The van der Waals surface area contributed by atoms with E-state index in [1.54, 1.807) is 24.3 Å². The van der Waals surface area contributed by atoms with Crippen molar-refractivity contribution < 1.29 is 5.11 Å². The number of aromatic hydroxyl groups is 1. The Morgan fingerprint density at radius 1 is 1.07 bits per heavy atom. The maximum atomic E-state index is 12.4. The number of halogens is 1. The summed E-state index contributed by atoms with van der Waals surface area (Å²) in [5.41, 5.74) is 1.66. The molecule has 30 heavy (non-hydrogen) atoms. The molecule has 4 rings (SSSR count). The molecule has 0 aliphatic rings. The molecule has 0 fully saturated rings. The first-order valence-electron chi connectivity index (χ1n) is 8.86. The highest BCUT2D eigenvalue weighted by molar-refractivity contribution is 9.10. The second-order valence-corrected chi connectivity index (χ2v) is 7.59. The molecule has 2 aromatic carbocycles. The van der Waals surface area contributed by atoms with Crippen LogP contribution in [0.5, 0.6) is 5.88 Å². The molecule has 4 N–H and O–H groups in total. The number of imidazole rings is 1. The van der Waals surface area contributed by atoms with Gasteiger partial charge in [-0.15, -0.1) is 0 Å². The highest BCUT2D eigenvalue weighted by Crippen LogP contribution is 2.29. The number of nitrogens with zero attached hydrogens (tertiary/aromatic N) is 2. The van der Waals surface area contributed by atoms with E-state index in [9.17, 15) is 19.5 Å². The molecule has 0 aliphatic heterocycles. The molecule has 152 valence electrons. The Balaban J connectivity index is 1.87. The summed E-state index contributed by atoms with van der Waals surface area (Å²) in [4.78, 5) is 47.9. The highest BCUT2D eigenvalue weighted by Gasteiger charge is 2.16. The van der Waals surface area contributed by atoms with Gasteiger partial charge in [-0.25, -0.2) is 14.2 Å². The van der Waals surface area contributed by atoms with Crippen LogP contribution in [0.4, 0.5) is 5.69 Å². The van der Waals surface area contributed by atoms with Crippen LogP contribution in [0, 0.1) is 13.8 Å². The van der Waals surface area contributed by atoms with Crippen LogP contribution in [0.25, 0.3) is 16.7 Å². The van der Waals surface area contributed by atoms with Crippen molar-refractivity contribution in [3.05, 3.63) is 82.8 Å². The highest BCUT2D eigenvalue weighted by atomic mass is 79.9. The zero-order valence-corrected chi connectivity index (χ0v) is 17.5. The third-order valence-corrected chi connectivity index (χ3v) is 5.49. The monoisotopic (exact) mass is 469 g/mol. The molecule has 9 nitrogen and oxygen atoms in total. The summed E-state index contributed by atoms with van der Waals surface area (Å²) in [5, 5.41) is 10.7. The predicted octanol–water partition coefficient (Wildman–Crippen LogP) is 2.53. The van der Waals surface area contributed by atoms with Crippen LogP contribution in [-0.4, -0.2) is 30.8 Å². The Morgan fingerprint density at radius 2 is 1.77 bits per heavy atom. The molecule has 2 aromatic heterocycles. The Kier molecular flexibility index (Phi) is 4.78. The van der Waals surface area contributed by atoms with Gasteiger partial charge in [0.05, 0.1) is 22.4 Å². The SMILES string of the molecule is Cc1cccc(-n2c(O)c(C=Nc3cc4[nH]c(=O)[nH]c4cc3Br)c(=O)[nH]c2=O)c1C. The van der Waals surface area contributed by atoms with Gasteiger partial charge in [0.25, 0.3) is 5.56 Å². The van der Waals surface area contributed by atoms with E-state index >= 15 is 0 Å². The third-order valence-electron chi connectivity index (χ3n) is 4.85. The molecule has 0 radical (unpaired) electrons. The van der Waals surface area contributed by atoms with Gasteiger partial charge in [0.15, 0.2) is 0 Å². The number of nitrogens with one attached hydrogen (secondary N) is 3. The normalized spacial score (nSPS) is 11.6. The van der Waals surface area contributed by atoms with Crippen molar-refractivity contribution in [2.75, 3.05) is 0 Å². The fraction of sp³-hybridized carbons (Fsp3) is 0.100. The van der Waals surface area contributed by atoms with E-state index in [4.69, 9.17) is 0 Å². The van der Waals surface area contributed by atoms with Crippen molar-refractivity contribution in [1.82, 2.24) is 19.5 Å². The first-order valence-corrected chi connectivity index (χ1v) is 9.66. The maximum absolute atomic E-state index is 12.4. The molecular weight excluding hydrogens is 454 g/mol. The molecular formula is C20H16BrN5O4. The van der Waals surface area contributed by atoms with Gasteiger partial charge < -0.3 is 15.1 Å². The van der Waals surface area contributed by atoms with Gasteiger partial charge in [-0.05, 0) is 59.1 Å². The van der Waals surface area contributed by atoms with Crippen molar-refractivity contribution in [3.63, 3.8) is 0 Å². The molecule has 0 spiro atoms. The first-order chi connectivity index (χ1) is 14.3. The average Bonchev–Trinajstić information content (AvgIpc) is 3.03. The van der Waals surface area contributed by atoms with Gasteiger partial charge >= 0.3 is 11.4 Å². The summed E-state index contributed by atoms with van der Waals surface area (Å²) < 4.78 is 1.60. The summed E-state index contributed by atoms with van der Waals surface area (Å²) in [6.45, 7) is 3.70. The summed E-state index contributed by atoms with van der Waals surface area (Å²) in [6.07, 6.45) is 1.17. The second-order valence-electron chi connectivity index (χ2n) is 6.74. The summed E-state index contributed by atoms with van der Waals surface area (Å²) in [7, 11) is 0. The van der Waals surface area contributed by atoms with Gasteiger partial charge in [-0.3, -0.25) is 14.8 Å². The predicted molar refractivity (Wildman–Crippen MR) is 118 cm³/mol. The molecule has 0 unspecified atom stereocenters. The summed E-state index contributed by atoms with van der Waals surface area (Å²) in [5.74, 6) is -0.520. The van der Waals surface area contributed by atoms with E-state index in [0.29, 0.717) is 26.9 Å². The van der Waals surface area contributed by atoms with E-state index < -0.39 is 17.1 Å². The number of aromatic amines is 3. The summed E-state index contributed by atoms with van der Waals surface area (Å²) in [6, 6.07) is 8.59. The first kappa shape index (κ1) is 19.6. The molecule has 0 aliphatic carbocycles. The molecule has 4 aromatic rings. The number of benzene rings is 2. The number of aryl methyl sites for hydroxylation is 1. The van der Waals surface area contributed by atoms with E-state index in [1.165, 1.54) is 6.21 Å². The number of aliphatic imine (C=N–C) groups is 1. The minimum atomic E-state index is -0.768. The van der Waals surface area contributed by atoms with E-state index in [-0.39, 0.29) is 11.3 Å². The summed E-state index contributed by atoms with van der Waals surface area (Å²) >= 11 is 3.36. The molecule has 0 saturated carbocycles. The average molecular weight is 470 g/mol. The minimum Gasteiger partial charge on any atom is -0.493 e. The Bertz CT molecular complexity index is 1510. The number of hydrogen-bond acceptors (Lipinski definition) is 5. The quantitative estimate of drug-likeness (QED) is 0.342. The molecule has 0 bridgehead atoms. The number of H-pyrrole nitrogens is 3. The lowest BCUT2D eigenvalue weighted by Gasteiger charge is -2.13. The number of fused-ring (bicyclic) bond motifs is 1. The van der Waals surface area contributed by atoms with Crippen LogP contribution in [-0.2, 0) is 0 Å². The van der Waals surface area contributed by atoms with E-state index in [2.05, 4.69) is 35.9 Å². The molecule has 0 saturated heterocycles. The van der Waals surface area contributed by atoms with E-state index in [1.807, 2.05) is 19.9 Å². The topological polar surface area (TPSA) is 136 Å². The Hall–Kier alpha value is -3.66. The van der Waals surface area contributed by atoms with Crippen molar-refractivity contribution in [2.45, 2.75) is 13.8 Å². The molecule has 0 amide bonds. The van der Waals surface area contributed by atoms with Crippen LogP contribution in [0.2, 0.25) is 0 Å². The van der Waals surface area contributed by atoms with Crippen LogP contribution >= 0.6 is 15.9 Å². The zero-order chi connectivity index (χ0) is 21.6. The fourth-order valence-electron chi connectivity index (χ4n) is 3.13. The number of rotatable bonds is 3. The molecule has 2 heterocycles. The maximum Gasteiger partial charge on any atom is 0.335 e. The smallest absolute Gasteiger partial charge is 0.335 e. The van der Waals surface area contributed by atoms with Crippen molar-refractivity contribution in [3.8, 4) is 11.6 Å². The fourth-order valence-corrected chi connectivity index (χ4v) is 3.58. The lowest BCUT2D eigenvalue weighted by Crippen LogP contribution is -2.31.